The van der Waals surface area contributed by atoms with Crippen molar-refractivity contribution < 1.29 is 0 Å². The molecule has 0 fully saturated rings. The molecule has 0 aliphatic carbocycles. The van der Waals surface area contributed by atoms with E-state index in [4.69, 9.17) is 22.4 Å². The van der Waals surface area contributed by atoms with Crippen molar-refractivity contribution in [3.8, 4) is 0 Å². The SMILES string of the molecule is CC.CC(=N)n1c(Cl)cc(C)cc1=N. The molecule has 1 rings (SSSR count). The number of halogens is 1. The summed E-state index contributed by atoms with van der Waals surface area (Å²) >= 11 is 5.83. The zero-order valence-corrected chi connectivity index (χ0v) is 9.74. The van der Waals surface area contributed by atoms with E-state index in [1.807, 2.05) is 20.8 Å². The summed E-state index contributed by atoms with van der Waals surface area (Å²) in [5.41, 5.74) is 1.18. The second kappa shape index (κ2) is 5.60. The van der Waals surface area contributed by atoms with Gasteiger partial charge in [-0.05, 0) is 31.5 Å². The molecule has 1 aromatic heterocycles. The molecule has 0 aromatic carbocycles. The number of nitrogens with zero attached hydrogens (tertiary/aromatic N) is 1. The predicted molar refractivity (Wildman–Crippen MR) is 60.2 cm³/mol. The summed E-state index contributed by atoms with van der Waals surface area (Å²) in [5.74, 6) is 0.255. The van der Waals surface area contributed by atoms with Crippen molar-refractivity contribution in [2.45, 2.75) is 27.7 Å². The molecule has 0 spiro atoms. The fraction of sp³-hybridized carbons (Fsp3) is 0.400. The van der Waals surface area contributed by atoms with E-state index in [1.54, 1.807) is 19.1 Å². The zero-order valence-electron chi connectivity index (χ0n) is 8.98. The molecule has 0 aliphatic rings. The Kier molecular flexibility index (Phi) is 5.16. The summed E-state index contributed by atoms with van der Waals surface area (Å²) in [6, 6.07) is 3.40. The Morgan fingerprint density at radius 2 is 1.86 bits per heavy atom. The Balaban J connectivity index is 0.000000791. The smallest absolute Gasteiger partial charge is 0.131 e. The van der Waals surface area contributed by atoms with E-state index in [0.29, 0.717) is 5.15 Å². The fourth-order valence-electron chi connectivity index (χ4n) is 1.03. The molecule has 0 bridgehead atoms. The van der Waals surface area contributed by atoms with E-state index in [0.717, 1.165) is 5.56 Å². The van der Waals surface area contributed by atoms with Gasteiger partial charge in [-0.25, -0.2) is 0 Å². The maximum Gasteiger partial charge on any atom is 0.131 e. The maximum atomic E-state index is 7.52. The Morgan fingerprint density at radius 1 is 1.36 bits per heavy atom. The van der Waals surface area contributed by atoms with Gasteiger partial charge in [0.1, 0.15) is 16.5 Å². The second-order valence-corrected chi connectivity index (χ2v) is 3.05. The maximum absolute atomic E-state index is 7.52. The van der Waals surface area contributed by atoms with Crippen molar-refractivity contribution >= 4 is 17.4 Å². The van der Waals surface area contributed by atoms with Crippen molar-refractivity contribution in [2.75, 3.05) is 0 Å². The number of nitrogens with one attached hydrogen (secondary N) is 2. The van der Waals surface area contributed by atoms with E-state index in [2.05, 4.69) is 0 Å². The van der Waals surface area contributed by atoms with Gasteiger partial charge in [0.05, 0.1) is 0 Å². The number of hydrogen-bond acceptors (Lipinski definition) is 2. The first-order valence-corrected chi connectivity index (χ1v) is 4.89. The lowest BCUT2D eigenvalue weighted by atomic mass is 10.3. The van der Waals surface area contributed by atoms with E-state index in [1.165, 1.54) is 4.57 Å². The molecule has 3 nitrogen and oxygen atoms in total. The molecule has 78 valence electrons. The quantitative estimate of drug-likeness (QED) is 0.378. The average Bonchev–Trinajstić information content (AvgIpc) is 2.04. The molecule has 0 unspecified atom stereocenters. The average molecular weight is 214 g/mol. The standard InChI is InChI=1S/C8H10ClN3.C2H6/c1-5-3-7(9)12(6(2)10)8(11)4-5;1-2/h3-4,10-11H,1-2H3;1-2H3. The van der Waals surface area contributed by atoms with Gasteiger partial charge in [-0.3, -0.25) is 15.4 Å². The van der Waals surface area contributed by atoms with Crippen LogP contribution in [0.25, 0.3) is 0 Å². The summed E-state index contributed by atoms with van der Waals surface area (Å²) in [7, 11) is 0. The number of pyridine rings is 1. The van der Waals surface area contributed by atoms with E-state index in [9.17, 15) is 0 Å². The molecule has 4 heteroatoms. The minimum absolute atomic E-state index is 0.243. The summed E-state index contributed by atoms with van der Waals surface area (Å²) < 4.78 is 1.37. The van der Waals surface area contributed by atoms with Crippen LogP contribution < -0.4 is 5.49 Å². The van der Waals surface area contributed by atoms with Crippen LogP contribution >= 0.6 is 11.6 Å². The molecule has 1 heterocycles. The first-order chi connectivity index (χ1) is 6.52. The van der Waals surface area contributed by atoms with Crippen LogP contribution in [0.4, 0.5) is 0 Å². The van der Waals surface area contributed by atoms with Crippen molar-refractivity contribution in [3.05, 3.63) is 28.3 Å². The number of rotatable bonds is 0. The van der Waals surface area contributed by atoms with Gasteiger partial charge in [0.2, 0.25) is 0 Å². The highest BCUT2D eigenvalue weighted by Gasteiger charge is 2.01. The first-order valence-electron chi connectivity index (χ1n) is 4.51. The van der Waals surface area contributed by atoms with Crippen LogP contribution in [-0.4, -0.2) is 10.4 Å². The summed E-state index contributed by atoms with van der Waals surface area (Å²) in [5, 5.41) is 15.3. The summed E-state index contributed by atoms with van der Waals surface area (Å²) in [6.07, 6.45) is 0. The lowest BCUT2D eigenvalue weighted by Gasteiger charge is -2.07. The molecule has 0 aliphatic heterocycles. The highest BCUT2D eigenvalue weighted by molar-refractivity contribution is 6.30. The topological polar surface area (TPSA) is 52.6 Å². The minimum Gasteiger partial charge on any atom is -0.288 e. The largest absolute Gasteiger partial charge is 0.288 e. The Labute approximate surface area is 89.4 Å². The predicted octanol–water partition coefficient (Wildman–Crippen LogP) is 2.80. The van der Waals surface area contributed by atoms with Crippen LogP contribution in [0, 0.1) is 17.7 Å². The molecule has 0 saturated carbocycles. The van der Waals surface area contributed by atoms with Gasteiger partial charge < -0.3 is 0 Å². The van der Waals surface area contributed by atoms with Crippen LogP contribution in [0.2, 0.25) is 5.15 Å². The molecule has 0 radical (unpaired) electrons. The van der Waals surface area contributed by atoms with Crippen molar-refractivity contribution in [1.29, 1.82) is 10.8 Å². The summed E-state index contributed by atoms with van der Waals surface area (Å²) in [6.45, 7) is 7.47. The Bertz CT molecular complexity index is 379. The number of hydrogen-bond donors (Lipinski definition) is 2. The third-order valence-corrected chi connectivity index (χ3v) is 1.78. The van der Waals surface area contributed by atoms with E-state index < -0.39 is 0 Å². The Morgan fingerprint density at radius 3 is 2.21 bits per heavy atom. The van der Waals surface area contributed by atoms with Crippen molar-refractivity contribution in [1.82, 2.24) is 4.57 Å². The van der Waals surface area contributed by atoms with Gasteiger partial charge in [0, 0.05) is 0 Å². The lowest BCUT2D eigenvalue weighted by molar-refractivity contribution is 0.951. The fourth-order valence-corrected chi connectivity index (χ4v) is 1.42. The van der Waals surface area contributed by atoms with Gasteiger partial charge >= 0.3 is 0 Å². The molecule has 0 amide bonds. The second-order valence-electron chi connectivity index (χ2n) is 2.66. The van der Waals surface area contributed by atoms with Gasteiger partial charge in [-0.2, -0.15) is 0 Å². The normalized spacial score (nSPS) is 8.93. The van der Waals surface area contributed by atoms with Crippen molar-refractivity contribution in [2.24, 2.45) is 0 Å². The lowest BCUT2D eigenvalue weighted by Crippen LogP contribution is -2.24. The molecular weight excluding hydrogens is 198 g/mol. The van der Waals surface area contributed by atoms with E-state index in [-0.39, 0.29) is 11.3 Å². The zero-order chi connectivity index (χ0) is 11.3. The van der Waals surface area contributed by atoms with Crippen LogP contribution in [0.1, 0.15) is 26.3 Å². The van der Waals surface area contributed by atoms with Gasteiger partial charge in [0.25, 0.3) is 0 Å². The molecule has 1 aromatic rings. The third-order valence-electron chi connectivity index (χ3n) is 1.50. The van der Waals surface area contributed by atoms with Crippen molar-refractivity contribution in [3.63, 3.8) is 0 Å². The van der Waals surface area contributed by atoms with Gasteiger partial charge in [-0.1, -0.05) is 25.4 Å². The number of aromatic nitrogens is 1. The van der Waals surface area contributed by atoms with Crippen LogP contribution in [0.3, 0.4) is 0 Å². The number of aryl methyl sites for hydroxylation is 1. The molecule has 0 atom stereocenters. The highest BCUT2D eigenvalue weighted by Crippen LogP contribution is 2.07. The van der Waals surface area contributed by atoms with Crippen LogP contribution in [0.5, 0.6) is 0 Å². The van der Waals surface area contributed by atoms with Crippen LogP contribution in [0.15, 0.2) is 12.1 Å². The minimum atomic E-state index is 0.243. The molecular formula is C10H16ClN3. The molecule has 14 heavy (non-hydrogen) atoms. The molecule has 0 saturated heterocycles. The monoisotopic (exact) mass is 213 g/mol. The molecule has 2 N–H and O–H groups in total. The van der Waals surface area contributed by atoms with E-state index >= 15 is 0 Å². The summed E-state index contributed by atoms with van der Waals surface area (Å²) in [4.78, 5) is 0. The third kappa shape index (κ3) is 3.00. The van der Waals surface area contributed by atoms with Gasteiger partial charge in [0.15, 0.2) is 0 Å². The van der Waals surface area contributed by atoms with Crippen LogP contribution in [-0.2, 0) is 0 Å². The highest BCUT2D eigenvalue weighted by atomic mass is 35.5. The Hall–Kier alpha value is -1.09. The van der Waals surface area contributed by atoms with Gasteiger partial charge in [-0.15, -0.1) is 0 Å². The first kappa shape index (κ1) is 12.9.